The lowest BCUT2D eigenvalue weighted by Gasteiger charge is -2.35. The van der Waals surface area contributed by atoms with E-state index in [1.165, 1.54) is 25.3 Å². The summed E-state index contributed by atoms with van der Waals surface area (Å²) in [6.45, 7) is 5.82. The molecule has 1 aliphatic carbocycles. The minimum absolute atomic E-state index is 0.265. The molecule has 0 spiro atoms. The molecule has 1 aromatic carbocycles. The number of nitrogens with one attached hydrogen (secondary N) is 1. The molecular weight excluding hydrogens is 252 g/mol. The molecule has 0 amide bonds. The van der Waals surface area contributed by atoms with Gasteiger partial charge in [-0.15, -0.1) is 0 Å². The van der Waals surface area contributed by atoms with Gasteiger partial charge in [0.2, 0.25) is 0 Å². The first-order chi connectivity index (χ1) is 9.74. The average Bonchev–Trinajstić information content (AvgIpc) is 3.26. The van der Waals surface area contributed by atoms with Crippen LogP contribution in [-0.4, -0.2) is 37.0 Å². The van der Waals surface area contributed by atoms with Crippen molar-refractivity contribution >= 4 is 5.97 Å². The molecule has 0 aromatic heterocycles. The third-order valence-electron chi connectivity index (χ3n) is 4.10. The van der Waals surface area contributed by atoms with E-state index in [0.717, 1.165) is 32.1 Å². The Bertz CT molecular complexity index is 462. The van der Waals surface area contributed by atoms with E-state index < -0.39 is 0 Å². The third kappa shape index (κ3) is 3.19. The highest BCUT2D eigenvalue weighted by atomic mass is 16.5. The Hall–Kier alpha value is -1.39. The lowest BCUT2D eigenvalue weighted by Crippen LogP contribution is -2.45. The highest BCUT2D eigenvalue weighted by Gasteiger charge is 2.36. The molecule has 1 atom stereocenters. The van der Waals surface area contributed by atoms with Crippen molar-refractivity contribution in [3.05, 3.63) is 29.8 Å². The van der Waals surface area contributed by atoms with E-state index in [9.17, 15) is 4.79 Å². The van der Waals surface area contributed by atoms with Gasteiger partial charge in [-0.25, -0.2) is 0 Å². The Morgan fingerprint density at radius 2 is 1.90 bits per heavy atom. The van der Waals surface area contributed by atoms with Gasteiger partial charge in [0.15, 0.2) is 0 Å². The summed E-state index contributed by atoms with van der Waals surface area (Å²) in [4.78, 5) is 13.6. The number of carbonyl (C=O) groups excluding carboxylic acids is 1. The monoisotopic (exact) mass is 274 g/mol. The molecule has 3 rings (SSSR count). The molecule has 4 nitrogen and oxygen atoms in total. The molecule has 2 aliphatic rings. The maximum absolute atomic E-state index is 11.0. The Balaban J connectivity index is 1.75. The zero-order chi connectivity index (χ0) is 13.9. The molecule has 0 unspecified atom stereocenters. The quantitative estimate of drug-likeness (QED) is 0.673. The van der Waals surface area contributed by atoms with Crippen LogP contribution < -0.4 is 10.1 Å². The van der Waals surface area contributed by atoms with Crippen LogP contribution in [0.1, 0.15) is 31.4 Å². The topological polar surface area (TPSA) is 41.6 Å². The van der Waals surface area contributed by atoms with Crippen LogP contribution in [0.15, 0.2) is 24.3 Å². The Kier molecular flexibility index (Phi) is 4.03. The SMILES string of the molecule is CC(=O)Oc1ccc([C@@H](C2CC2)N2CCNCC2)cc1. The Morgan fingerprint density at radius 3 is 2.45 bits per heavy atom. The summed E-state index contributed by atoms with van der Waals surface area (Å²) < 4.78 is 5.11. The number of rotatable bonds is 4. The predicted octanol–water partition coefficient (Wildman–Crippen LogP) is 1.97. The highest BCUT2D eigenvalue weighted by molar-refractivity contribution is 5.69. The van der Waals surface area contributed by atoms with E-state index in [2.05, 4.69) is 22.3 Å². The number of esters is 1. The molecular formula is C16H22N2O2. The Morgan fingerprint density at radius 1 is 1.25 bits per heavy atom. The van der Waals surface area contributed by atoms with Crippen molar-refractivity contribution in [2.24, 2.45) is 5.92 Å². The molecule has 1 aromatic rings. The van der Waals surface area contributed by atoms with E-state index in [-0.39, 0.29) is 5.97 Å². The van der Waals surface area contributed by atoms with Gasteiger partial charge in [0, 0.05) is 39.1 Å². The fourth-order valence-corrected chi connectivity index (χ4v) is 3.05. The van der Waals surface area contributed by atoms with Gasteiger partial charge >= 0.3 is 5.97 Å². The van der Waals surface area contributed by atoms with Crippen molar-refractivity contribution < 1.29 is 9.53 Å². The molecule has 0 bridgehead atoms. The maximum Gasteiger partial charge on any atom is 0.308 e. The van der Waals surface area contributed by atoms with Crippen molar-refractivity contribution in [1.82, 2.24) is 10.2 Å². The second-order valence-electron chi connectivity index (χ2n) is 5.73. The van der Waals surface area contributed by atoms with Crippen molar-refractivity contribution in [2.75, 3.05) is 26.2 Å². The molecule has 0 radical (unpaired) electrons. The maximum atomic E-state index is 11.0. The van der Waals surface area contributed by atoms with Crippen LogP contribution in [0.25, 0.3) is 0 Å². The number of ether oxygens (including phenoxy) is 1. The van der Waals surface area contributed by atoms with Gasteiger partial charge in [-0.2, -0.15) is 0 Å². The van der Waals surface area contributed by atoms with Gasteiger partial charge in [0.1, 0.15) is 5.75 Å². The smallest absolute Gasteiger partial charge is 0.308 e. The zero-order valence-electron chi connectivity index (χ0n) is 12.0. The molecule has 1 saturated carbocycles. The van der Waals surface area contributed by atoms with E-state index in [4.69, 9.17) is 4.74 Å². The summed E-state index contributed by atoms with van der Waals surface area (Å²) in [6, 6.07) is 8.58. The Labute approximate surface area is 120 Å². The summed E-state index contributed by atoms with van der Waals surface area (Å²) in [5, 5.41) is 3.41. The molecule has 20 heavy (non-hydrogen) atoms. The number of benzene rings is 1. The molecule has 1 N–H and O–H groups in total. The summed E-state index contributed by atoms with van der Waals surface area (Å²) in [5.41, 5.74) is 1.35. The first-order valence-corrected chi connectivity index (χ1v) is 7.47. The van der Waals surface area contributed by atoms with Crippen LogP contribution in [0.4, 0.5) is 0 Å². The van der Waals surface area contributed by atoms with E-state index in [0.29, 0.717) is 11.8 Å². The molecule has 1 heterocycles. The van der Waals surface area contributed by atoms with E-state index in [1.807, 2.05) is 12.1 Å². The summed E-state index contributed by atoms with van der Waals surface area (Å²) >= 11 is 0. The fourth-order valence-electron chi connectivity index (χ4n) is 3.05. The van der Waals surface area contributed by atoms with Crippen LogP contribution >= 0.6 is 0 Å². The summed E-state index contributed by atoms with van der Waals surface area (Å²) in [6.07, 6.45) is 2.67. The zero-order valence-corrected chi connectivity index (χ0v) is 12.0. The van der Waals surface area contributed by atoms with E-state index in [1.54, 1.807) is 0 Å². The molecule has 1 saturated heterocycles. The number of hydrogen-bond donors (Lipinski definition) is 1. The normalized spacial score (nSPS) is 21.4. The fraction of sp³-hybridized carbons (Fsp3) is 0.562. The molecule has 108 valence electrons. The van der Waals surface area contributed by atoms with Gasteiger partial charge in [-0.05, 0) is 36.5 Å². The van der Waals surface area contributed by atoms with Gasteiger partial charge < -0.3 is 10.1 Å². The molecule has 2 fully saturated rings. The predicted molar refractivity (Wildman–Crippen MR) is 77.7 cm³/mol. The highest BCUT2D eigenvalue weighted by Crippen LogP contribution is 2.44. The number of nitrogens with zero attached hydrogens (tertiary/aromatic N) is 1. The van der Waals surface area contributed by atoms with Gasteiger partial charge in [-0.3, -0.25) is 9.69 Å². The average molecular weight is 274 g/mol. The first kappa shape index (κ1) is 13.6. The molecule has 4 heteroatoms. The second-order valence-corrected chi connectivity index (χ2v) is 5.73. The minimum Gasteiger partial charge on any atom is -0.427 e. The number of carbonyl (C=O) groups is 1. The number of hydrogen-bond acceptors (Lipinski definition) is 4. The van der Waals surface area contributed by atoms with Crippen LogP contribution in [0, 0.1) is 5.92 Å². The van der Waals surface area contributed by atoms with Crippen LogP contribution in [0.5, 0.6) is 5.75 Å². The first-order valence-electron chi connectivity index (χ1n) is 7.47. The summed E-state index contributed by atoms with van der Waals surface area (Å²) in [5.74, 6) is 1.17. The minimum atomic E-state index is -0.265. The van der Waals surface area contributed by atoms with Gasteiger partial charge in [0.25, 0.3) is 0 Å². The lowest BCUT2D eigenvalue weighted by molar-refractivity contribution is -0.131. The van der Waals surface area contributed by atoms with Crippen molar-refractivity contribution in [3.8, 4) is 5.75 Å². The van der Waals surface area contributed by atoms with Crippen LogP contribution in [-0.2, 0) is 4.79 Å². The number of piperazine rings is 1. The standard InChI is InChI=1S/C16H22N2O2/c1-12(19)20-15-6-4-14(5-7-15)16(13-2-3-13)18-10-8-17-9-11-18/h4-7,13,16-17H,2-3,8-11H2,1H3/t16-/m1/s1. The largest absolute Gasteiger partial charge is 0.427 e. The van der Waals surface area contributed by atoms with Crippen molar-refractivity contribution in [1.29, 1.82) is 0 Å². The van der Waals surface area contributed by atoms with Crippen LogP contribution in [0.2, 0.25) is 0 Å². The summed E-state index contributed by atoms with van der Waals surface area (Å²) in [7, 11) is 0. The third-order valence-corrected chi connectivity index (χ3v) is 4.10. The van der Waals surface area contributed by atoms with Crippen molar-refractivity contribution in [2.45, 2.75) is 25.8 Å². The van der Waals surface area contributed by atoms with E-state index >= 15 is 0 Å². The second kappa shape index (κ2) is 5.94. The lowest BCUT2D eigenvalue weighted by atomic mass is 9.99. The molecule has 1 aliphatic heterocycles. The van der Waals surface area contributed by atoms with Crippen molar-refractivity contribution in [3.63, 3.8) is 0 Å². The van der Waals surface area contributed by atoms with Gasteiger partial charge in [0.05, 0.1) is 0 Å². The van der Waals surface area contributed by atoms with Gasteiger partial charge in [-0.1, -0.05) is 12.1 Å². The van der Waals surface area contributed by atoms with Crippen LogP contribution in [0.3, 0.4) is 0 Å².